The van der Waals surface area contributed by atoms with E-state index < -0.39 is 22.0 Å². The Morgan fingerprint density at radius 3 is 2.19 bits per heavy atom. The number of ether oxygens (including phenoxy) is 1. The van der Waals surface area contributed by atoms with Crippen LogP contribution in [0.2, 0.25) is 0 Å². The number of sulfonamides is 1. The van der Waals surface area contributed by atoms with Crippen molar-refractivity contribution in [1.82, 2.24) is 15.6 Å². The van der Waals surface area contributed by atoms with E-state index in [0.29, 0.717) is 5.75 Å². The highest BCUT2D eigenvalue weighted by molar-refractivity contribution is 7.90. The van der Waals surface area contributed by atoms with Crippen molar-refractivity contribution in [3.63, 3.8) is 0 Å². The van der Waals surface area contributed by atoms with Crippen LogP contribution in [0.3, 0.4) is 0 Å². The third kappa shape index (κ3) is 6.30. The van der Waals surface area contributed by atoms with Gasteiger partial charge < -0.3 is 4.74 Å². The van der Waals surface area contributed by atoms with Crippen LogP contribution >= 0.6 is 0 Å². The fourth-order valence-corrected chi connectivity index (χ4v) is 2.96. The molecule has 0 aromatic heterocycles. The average molecular weight is 391 g/mol. The SMILES string of the molecule is CCc1ccc(OCC(=O)NNC(=O)NS(=O)(=O)c2ccc(C)cc2)cc1. The molecule has 0 aliphatic heterocycles. The number of rotatable bonds is 6. The number of hydrogen-bond acceptors (Lipinski definition) is 5. The van der Waals surface area contributed by atoms with E-state index >= 15 is 0 Å². The smallest absolute Gasteiger partial charge is 0.347 e. The van der Waals surface area contributed by atoms with Crippen molar-refractivity contribution >= 4 is 22.0 Å². The van der Waals surface area contributed by atoms with E-state index in [2.05, 4.69) is 5.43 Å². The molecule has 0 spiro atoms. The number of aryl methyl sites for hydroxylation is 2. The van der Waals surface area contributed by atoms with Gasteiger partial charge in [0, 0.05) is 0 Å². The van der Waals surface area contributed by atoms with Crippen LogP contribution < -0.4 is 20.3 Å². The quantitative estimate of drug-likeness (QED) is 0.648. The molecule has 8 nitrogen and oxygen atoms in total. The zero-order valence-corrected chi connectivity index (χ0v) is 15.8. The highest BCUT2D eigenvalue weighted by Gasteiger charge is 2.17. The first-order valence-corrected chi connectivity index (χ1v) is 9.68. The Morgan fingerprint density at radius 1 is 0.963 bits per heavy atom. The second-order valence-corrected chi connectivity index (χ2v) is 7.39. The van der Waals surface area contributed by atoms with Crippen LogP contribution in [0.25, 0.3) is 0 Å². The number of carbonyl (C=O) groups excluding carboxylic acids is 2. The molecule has 144 valence electrons. The third-order valence-corrected chi connectivity index (χ3v) is 4.92. The number of benzene rings is 2. The zero-order chi connectivity index (χ0) is 19.9. The predicted octanol–water partition coefficient (Wildman–Crippen LogP) is 1.66. The summed E-state index contributed by atoms with van der Waals surface area (Å²) in [6, 6.07) is 12.1. The molecule has 27 heavy (non-hydrogen) atoms. The maximum absolute atomic E-state index is 12.1. The van der Waals surface area contributed by atoms with Crippen LogP contribution in [-0.4, -0.2) is 27.0 Å². The predicted molar refractivity (Wildman–Crippen MR) is 99.5 cm³/mol. The lowest BCUT2D eigenvalue weighted by atomic mass is 10.2. The first-order valence-electron chi connectivity index (χ1n) is 8.20. The Kier molecular flexibility index (Phi) is 6.78. The lowest BCUT2D eigenvalue weighted by Crippen LogP contribution is -2.49. The molecule has 0 heterocycles. The standard InChI is InChI=1S/C18H21N3O5S/c1-3-14-6-8-15(9-7-14)26-12-17(22)19-20-18(23)21-27(24,25)16-10-4-13(2)5-11-16/h4-11H,3,12H2,1-2H3,(H,19,22)(H2,20,21,23). The Morgan fingerprint density at radius 2 is 1.59 bits per heavy atom. The minimum absolute atomic E-state index is 0.0616. The van der Waals surface area contributed by atoms with Gasteiger partial charge >= 0.3 is 6.03 Å². The van der Waals surface area contributed by atoms with Crippen molar-refractivity contribution in [3.8, 4) is 5.75 Å². The van der Waals surface area contributed by atoms with Crippen LogP contribution in [-0.2, 0) is 21.2 Å². The summed E-state index contributed by atoms with van der Waals surface area (Å²) in [5.41, 5.74) is 6.06. The van der Waals surface area contributed by atoms with Gasteiger partial charge in [-0.2, -0.15) is 0 Å². The summed E-state index contributed by atoms with van der Waals surface area (Å²) in [4.78, 5) is 23.3. The summed E-state index contributed by atoms with van der Waals surface area (Å²) in [7, 11) is -4.03. The first kappa shape index (κ1) is 20.2. The van der Waals surface area contributed by atoms with Gasteiger partial charge in [-0.15, -0.1) is 0 Å². The van der Waals surface area contributed by atoms with E-state index in [4.69, 9.17) is 4.74 Å². The zero-order valence-electron chi connectivity index (χ0n) is 15.0. The van der Waals surface area contributed by atoms with Gasteiger partial charge in [0.25, 0.3) is 15.9 Å². The fourth-order valence-electron chi connectivity index (χ4n) is 2.06. The van der Waals surface area contributed by atoms with Crippen molar-refractivity contribution < 1.29 is 22.7 Å². The van der Waals surface area contributed by atoms with E-state index in [9.17, 15) is 18.0 Å². The summed E-state index contributed by atoms with van der Waals surface area (Å²) in [5.74, 6) is -0.133. The average Bonchev–Trinajstić information content (AvgIpc) is 2.65. The van der Waals surface area contributed by atoms with E-state index in [1.807, 2.05) is 31.4 Å². The summed E-state index contributed by atoms with van der Waals surface area (Å²) in [5, 5.41) is 0. The van der Waals surface area contributed by atoms with Crippen LogP contribution in [0.15, 0.2) is 53.4 Å². The topological polar surface area (TPSA) is 114 Å². The Labute approximate surface area is 157 Å². The van der Waals surface area contributed by atoms with Crippen molar-refractivity contribution in [2.24, 2.45) is 0 Å². The molecule has 2 aromatic rings. The number of hydrogen-bond donors (Lipinski definition) is 3. The lowest BCUT2D eigenvalue weighted by molar-refractivity contribution is -0.123. The highest BCUT2D eigenvalue weighted by atomic mass is 32.2. The maximum atomic E-state index is 12.1. The molecule has 0 aliphatic rings. The Hall–Kier alpha value is -3.07. The second-order valence-electron chi connectivity index (χ2n) is 5.71. The van der Waals surface area contributed by atoms with Gasteiger partial charge in [-0.25, -0.2) is 23.4 Å². The molecule has 9 heteroatoms. The number of amides is 3. The van der Waals surface area contributed by atoms with E-state index in [1.54, 1.807) is 29.0 Å². The van der Waals surface area contributed by atoms with E-state index in [-0.39, 0.29) is 11.5 Å². The van der Waals surface area contributed by atoms with Crippen molar-refractivity contribution in [3.05, 3.63) is 59.7 Å². The molecule has 3 amide bonds. The van der Waals surface area contributed by atoms with Gasteiger partial charge in [0.1, 0.15) is 5.75 Å². The molecule has 3 N–H and O–H groups in total. The third-order valence-electron chi connectivity index (χ3n) is 3.58. The van der Waals surface area contributed by atoms with Gasteiger partial charge in [-0.1, -0.05) is 36.8 Å². The van der Waals surface area contributed by atoms with Gasteiger partial charge in [0.2, 0.25) is 0 Å². The molecular weight excluding hydrogens is 370 g/mol. The molecular formula is C18H21N3O5S. The minimum atomic E-state index is -4.03. The van der Waals surface area contributed by atoms with Crippen LogP contribution in [0, 0.1) is 6.92 Å². The maximum Gasteiger partial charge on any atom is 0.347 e. The number of urea groups is 1. The van der Waals surface area contributed by atoms with Crippen molar-refractivity contribution in [2.45, 2.75) is 25.2 Å². The molecule has 0 fully saturated rings. The highest BCUT2D eigenvalue weighted by Crippen LogP contribution is 2.12. The monoisotopic (exact) mass is 391 g/mol. The first-order chi connectivity index (χ1) is 12.8. The van der Waals surface area contributed by atoms with Gasteiger partial charge in [0.15, 0.2) is 6.61 Å². The molecule has 2 aromatic carbocycles. The van der Waals surface area contributed by atoms with Crippen molar-refractivity contribution in [1.29, 1.82) is 0 Å². The van der Waals surface area contributed by atoms with E-state index in [1.165, 1.54) is 12.1 Å². The molecule has 0 saturated heterocycles. The van der Waals surface area contributed by atoms with Crippen LogP contribution in [0.5, 0.6) is 5.75 Å². The molecule has 0 radical (unpaired) electrons. The van der Waals surface area contributed by atoms with Gasteiger partial charge in [0.05, 0.1) is 4.90 Å². The van der Waals surface area contributed by atoms with Crippen LogP contribution in [0.4, 0.5) is 4.79 Å². The number of carbonyl (C=O) groups is 2. The van der Waals surface area contributed by atoms with Gasteiger partial charge in [-0.3, -0.25) is 10.2 Å². The number of nitrogens with one attached hydrogen (secondary N) is 3. The van der Waals surface area contributed by atoms with Gasteiger partial charge in [-0.05, 0) is 43.2 Å². The second kappa shape index (κ2) is 9.04. The Balaban J connectivity index is 1.78. The fraction of sp³-hybridized carbons (Fsp3) is 0.222. The summed E-state index contributed by atoms with van der Waals surface area (Å²) in [6.45, 7) is 3.50. The molecule has 0 saturated carbocycles. The summed E-state index contributed by atoms with van der Waals surface area (Å²) < 4.78 is 31.2. The molecule has 0 aliphatic carbocycles. The molecule has 0 atom stereocenters. The summed E-state index contributed by atoms with van der Waals surface area (Å²) >= 11 is 0. The minimum Gasteiger partial charge on any atom is -0.484 e. The Bertz CT molecular complexity index is 894. The largest absolute Gasteiger partial charge is 0.484 e. The molecule has 0 unspecified atom stereocenters. The normalized spacial score (nSPS) is 10.7. The number of hydrazine groups is 1. The van der Waals surface area contributed by atoms with Crippen molar-refractivity contribution in [2.75, 3.05) is 6.61 Å². The summed E-state index contributed by atoms with van der Waals surface area (Å²) in [6.07, 6.45) is 0.894. The molecule has 2 rings (SSSR count). The lowest BCUT2D eigenvalue weighted by Gasteiger charge is -2.10. The van der Waals surface area contributed by atoms with E-state index in [0.717, 1.165) is 17.5 Å². The molecule has 0 bridgehead atoms. The van der Waals surface area contributed by atoms with Crippen LogP contribution in [0.1, 0.15) is 18.1 Å².